The SMILES string of the molecule is COc1cc(C(=O)Oc2cn[nH]c2)cc2nc(-c3cc4ccccc4[nH]3)[nH]c12. The van der Waals surface area contributed by atoms with E-state index >= 15 is 0 Å². The van der Waals surface area contributed by atoms with Gasteiger partial charge in [0.2, 0.25) is 0 Å². The quantitative estimate of drug-likeness (QED) is 0.417. The molecule has 0 saturated heterocycles. The average Bonchev–Trinajstić information content (AvgIpc) is 3.45. The molecule has 0 fully saturated rings. The van der Waals surface area contributed by atoms with Gasteiger partial charge in [-0.25, -0.2) is 9.78 Å². The van der Waals surface area contributed by atoms with Crippen LogP contribution in [0.5, 0.6) is 11.5 Å². The highest BCUT2D eigenvalue weighted by Gasteiger charge is 2.17. The number of hydrogen-bond donors (Lipinski definition) is 3. The van der Waals surface area contributed by atoms with Crippen LogP contribution in [0.1, 0.15) is 10.4 Å². The van der Waals surface area contributed by atoms with Gasteiger partial charge in [-0.3, -0.25) is 5.10 Å². The summed E-state index contributed by atoms with van der Waals surface area (Å²) in [6, 6.07) is 13.3. The monoisotopic (exact) mass is 373 g/mol. The highest BCUT2D eigenvalue weighted by atomic mass is 16.5. The summed E-state index contributed by atoms with van der Waals surface area (Å²) in [5, 5.41) is 7.45. The van der Waals surface area contributed by atoms with Gasteiger partial charge in [0.15, 0.2) is 11.6 Å². The van der Waals surface area contributed by atoms with Crippen LogP contribution in [-0.4, -0.2) is 38.2 Å². The molecule has 8 heteroatoms. The number of aromatic amines is 3. The van der Waals surface area contributed by atoms with Crippen molar-refractivity contribution in [3.8, 4) is 23.0 Å². The number of H-pyrrole nitrogens is 3. The predicted octanol–water partition coefficient (Wildman–Crippen LogP) is 3.66. The molecule has 0 aliphatic rings. The lowest BCUT2D eigenvalue weighted by molar-refractivity contribution is 0.0734. The Labute approximate surface area is 158 Å². The minimum Gasteiger partial charge on any atom is -0.494 e. The Morgan fingerprint density at radius 2 is 2.00 bits per heavy atom. The molecule has 5 rings (SSSR count). The number of nitrogens with zero attached hydrogens (tertiary/aromatic N) is 2. The second-order valence-electron chi connectivity index (χ2n) is 6.25. The molecule has 0 aliphatic carbocycles. The van der Waals surface area contributed by atoms with Gasteiger partial charge >= 0.3 is 5.97 Å². The molecule has 138 valence electrons. The summed E-state index contributed by atoms with van der Waals surface area (Å²) < 4.78 is 10.7. The zero-order valence-electron chi connectivity index (χ0n) is 14.8. The first-order valence-corrected chi connectivity index (χ1v) is 8.58. The smallest absolute Gasteiger partial charge is 0.343 e. The number of nitrogens with one attached hydrogen (secondary N) is 3. The fraction of sp³-hybridized carbons (Fsp3) is 0.0500. The van der Waals surface area contributed by atoms with Crippen molar-refractivity contribution in [1.29, 1.82) is 0 Å². The number of fused-ring (bicyclic) bond motifs is 2. The topological polar surface area (TPSA) is 109 Å². The maximum absolute atomic E-state index is 12.5. The Bertz CT molecular complexity index is 1270. The van der Waals surface area contributed by atoms with Gasteiger partial charge in [-0.1, -0.05) is 18.2 Å². The van der Waals surface area contributed by atoms with Crippen LogP contribution in [0.3, 0.4) is 0 Å². The second kappa shape index (κ2) is 6.27. The predicted molar refractivity (Wildman–Crippen MR) is 103 cm³/mol. The van der Waals surface area contributed by atoms with E-state index in [-0.39, 0.29) is 0 Å². The van der Waals surface area contributed by atoms with Crippen LogP contribution in [0.25, 0.3) is 33.5 Å². The summed E-state index contributed by atoms with van der Waals surface area (Å²) >= 11 is 0. The van der Waals surface area contributed by atoms with Crippen LogP contribution >= 0.6 is 0 Å². The molecular formula is C20H15N5O3. The maximum atomic E-state index is 12.5. The number of esters is 1. The lowest BCUT2D eigenvalue weighted by Crippen LogP contribution is -2.08. The van der Waals surface area contributed by atoms with Gasteiger partial charge in [-0.05, 0) is 24.3 Å². The van der Waals surface area contributed by atoms with E-state index in [0.29, 0.717) is 33.9 Å². The van der Waals surface area contributed by atoms with Crippen LogP contribution in [0.2, 0.25) is 0 Å². The Kier molecular flexibility index (Phi) is 3.61. The lowest BCUT2D eigenvalue weighted by atomic mass is 10.2. The number of carbonyl (C=O) groups is 1. The minimum atomic E-state index is -0.517. The van der Waals surface area contributed by atoms with Crippen LogP contribution in [-0.2, 0) is 0 Å². The number of carbonyl (C=O) groups excluding carboxylic acids is 1. The van der Waals surface area contributed by atoms with Crippen LogP contribution in [0.15, 0.2) is 54.9 Å². The summed E-state index contributed by atoms with van der Waals surface area (Å²) in [6.07, 6.45) is 2.92. The average molecular weight is 373 g/mol. The minimum absolute atomic E-state index is 0.334. The summed E-state index contributed by atoms with van der Waals surface area (Å²) in [5.74, 6) is 0.984. The molecule has 3 aromatic heterocycles. The van der Waals surface area contributed by atoms with Gasteiger partial charge in [0, 0.05) is 10.9 Å². The van der Waals surface area contributed by atoms with Crippen molar-refractivity contribution in [2.45, 2.75) is 0 Å². The fourth-order valence-corrected chi connectivity index (χ4v) is 3.15. The van der Waals surface area contributed by atoms with Gasteiger partial charge in [-0.2, -0.15) is 5.10 Å². The van der Waals surface area contributed by atoms with Crippen LogP contribution in [0, 0.1) is 0 Å². The van der Waals surface area contributed by atoms with Gasteiger partial charge in [0.05, 0.1) is 36.3 Å². The molecule has 0 saturated carbocycles. The lowest BCUT2D eigenvalue weighted by Gasteiger charge is -2.05. The first kappa shape index (κ1) is 16.1. The molecule has 0 bridgehead atoms. The van der Waals surface area contributed by atoms with Crippen LogP contribution in [0.4, 0.5) is 0 Å². The number of methoxy groups -OCH3 is 1. The van der Waals surface area contributed by atoms with Gasteiger partial charge in [-0.15, -0.1) is 0 Å². The number of ether oxygens (including phenoxy) is 2. The number of rotatable bonds is 4. The fourth-order valence-electron chi connectivity index (χ4n) is 3.15. The summed E-state index contributed by atoms with van der Waals surface area (Å²) in [7, 11) is 1.55. The highest BCUT2D eigenvalue weighted by molar-refractivity contribution is 5.98. The van der Waals surface area contributed by atoms with E-state index in [9.17, 15) is 4.79 Å². The van der Waals surface area contributed by atoms with Gasteiger partial charge in [0.1, 0.15) is 11.3 Å². The molecule has 0 amide bonds. The van der Waals surface area contributed by atoms with E-state index in [1.807, 2.05) is 30.3 Å². The molecule has 8 nitrogen and oxygen atoms in total. The molecule has 28 heavy (non-hydrogen) atoms. The first-order chi connectivity index (χ1) is 13.7. The number of aromatic nitrogens is 5. The molecule has 0 atom stereocenters. The zero-order chi connectivity index (χ0) is 19.1. The zero-order valence-corrected chi connectivity index (χ0v) is 14.8. The second-order valence-corrected chi connectivity index (χ2v) is 6.25. The molecule has 2 aromatic carbocycles. The van der Waals surface area contributed by atoms with Crippen molar-refractivity contribution in [3.63, 3.8) is 0 Å². The number of benzene rings is 2. The Balaban J connectivity index is 1.57. The van der Waals surface area contributed by atoms with Gasteiger partial charge in [0.25, 0.3) is 0 Å². The largest absolute Gasteiger partial charge is 0.494 e. The Morgan fingerprint density at radius 3 is 2.79 bits per heavy atom. The van der Waals surface area contributed by atoms with Crippen molar-refractivity contribution in [2.75, 3.05) is 7.11 Å². The van der Waals surface area contributed by atoms with E-state index in [1.165, 1.54) is 12.4 Å². The number of hydrogen-bond acceptors (Lipinski definition) is 5. The molecule has 5 aromatic rings. The third kappa shape index (κ3) is 2.67. The normalized spacial score (nSPS) is 11.2. The first-order valence-electron chi connectivity index (χ1n) is 8.58. The molecule has 0 unspecified atom stereocenters. The van der Waals surface area contributed by atoms with Crippen molar-refractivity contribution in [3.05, 3.63) is 60.4 Å². The van der Waals surface area contributed by atoms with E-state index in [0.717, 1.165) is 16.6 Å². The Hall–Kier alpha value is -4.07. The molecule has 0 radical (unpaired) electrons. The van der Waals surface area contributed by atoms with Crippen molar-refractivity contribution in [1.82, 2.24) is 25.1 Å². The molecule has 3 N–H and O–H groups in total. The van der Waals surface area contributed by atoms with Crippen molar-refractivity contribution in [2.24, 2.45) is 0 Å². The summed E-state index contributed by atoms with van der Waals surface area (Å²) in [4.78, 5) is 23.7. The molecule has 0 spiro atoms. The maximum Gasteiger partial charge on any atom is 0.343 e. The standard InChI is InChI=1S/C20H15N5O3/c1-27-17-8-12(20(26)28-13-9-21-22-10-13)7-15-18(17)25-19(24-15)16-6-11-4-2-3-5-14(11)23-16/h2-10,23H,1H3,(H,21,22)(H,24,25). The number of imidazole rings is 1. The van der Waals surface area contributed by atoms with Crippen molar-refractivity contribution < 1.29 is 14.3 Å². The van der Waals surface area contributed by atoms with E-state index in [2.05, 4.69) is 25.1 Å². The highest BCUT2D eigenvalue weighted by Crippen LogP contribution is 2.30. The van der Waals surface area contributed by atoms with Gasteiger partial charge < -0.3 is 19.4 Å². The molecule has 0 aliphatic heterocycles. The summed E-state index contributed by atoms with van der Waals surface area (Å²) in [5.41, 5.74) is 3.51. The third-order valence-corrected chi connectivity index (χ3v) is 4.48. The number of para-hydroxylation sites is 1. The Morgan fingerprint density at radius 1 is 1.11 bits per heavy atom. The third-order valence-electron chi connectivity index (χ3n) is 4.48. The van der Waals surface area contributed by atoms with E-state index in [1.54, 1.807) is 19.2 Å². The van der Waals surface area contributed by atoms with E-state index in [4.69, 9.17) is 9.47 Å². The molecular weight excluding hydrogens is 358 g/mol. The molecule has 3 heterocycles. The van der Waals surface area contributed by atoms with E-state index < -0.39 is 5.97 Å². The summed E-state index contributed by atoms with van der Waals surface area (Å²) in [6.45, 7) is 0. The van der Waals surface area contributed by atoms with Crippen LogP contribution < -0.4 is 9.47 Å². The van der Waals surface area contributed by atoms with Crippen molar-refractivity contribution >= 4 is 27.9 Å².